The van der Waals surface area contributed by atoms with Crippen LogP contribution < -0.4 is 5.56 Å². The number of aromatic nitrogens is 2. The van der Waals surface area contributed by atoms with E-state index >= 15 is 0 Å². The summed E-state index contributed by atoms with van der Waals surface area (Å²) >= 11 is 2.90. The van der Waals surface area contributed by atoms with Gasteiger partial charge >= 0.3 is 0 Å². The average Bonchev–Trinajstić information content (AvgIpc) is 3.09. The third kappa shape index (κ3) is 4.04. The van der Waals surface area contributed by atoms with E-state index in [0.717, 1.165) is 28.1 Å². The van der Waals surface area contributed by atoms with Crippen LogP contribution in [0.25, 0.3) is 15.9 Å². The lowest BCUT2D eigenvalue weighted by atomic mass is 10.2. The Morgan fingerprint density at radius 3 is 2.57 bits per heavy atom. The van der Waals surface area contributed by atoms with E-state index in [2.05, 4.69) is 6.92 Å². The van der Waals surface area contributed by atoms with E-state index in [9.17, 15) is 9.59 Å². The van der Waals surface area contributed by atoms with E-state index in [0.29, 0.717) is 36.8 Å². The number of fused-ring (bicyclic) bond motifs is 1. The molecule has 4 rings (SSSR count). The number of hydrogen-bond acceptors (Lipinski definition) is 6. The average molecular weight is 444 g/mol. The number of thioether (sulfide) groups is 1. The third-order valence-electron chi connectivity index (χ3n) is 5.33. The fourth-order valence-corrected chi connectivity index (χ4v) is 5.67. The Kier molecular flexibility index (Phi) is 6.26. The van der Waals surface area contributed by atoms with Gasteiger partial charge in [-0.3, -0.25) is 14.2 Å². The Bertz CT molecular complexity index is 1130. The van der Waals surface area contributed by atoms with Crippen LogP contribution in [0.15, 0.2) is 34.2 Å². The van der Waals surface area contributed by atoms with Crippen molar-refractivity contribution in [1.82, 2.24) is 14.5 Å². The highest BCUT2D eigenvalue weighted by Gasteiger charge is 2.21. The Morgan fingerprint density at radius 2 is 1.90 bits per heavy atom. The number of thiophene rings is 1. The Labute approximate surface area is 183 Å². The van der Waals surface area contributed by atoms with Gasteiger partial charge < -0.3 is 9.64 Å². The van der Waals surface area contributed by atoms with Crippen molar-refractivity contribution in [3.05, 3.63) is 50.6 Å². The predicted octanol–water partition coefficient (Wildman–Crippen LogP) is 3.58. The van der Waals surface area contributed by atoms with Crippen LogP contribution in [0.2, 0.25) is 0 Å². The lowest BCUT2D eigenvalue weighted by molar-refractivity contribution is -0.132. The molecule has 0 radical (unpaired) electrons. The van der Waals surface area contributed by atoms with Gasteiger partial charge in [-0.2, -0.15) is 0 Å². The fraction of sp³-hybridized carbons (Fsp3) is 0.409. The molecule has 2 aromatic heterocycles. The number of nitrogens with zero attached hydrogens (tertiary/aromatic N) is 3. The first-order valence-electron chi connectivity index (χ1n) is 10.1. The molecule has 6 nitrogen and oxygen atoms in total. The van der Waals surface area contributed by atoms with E-state index in [4.69, 9.17) is 9.72 Å². The molecule has 0 aliphatic carbocycles. The SMILES string of the molecule is CCc1sc2nc(SCC(=O)N3CCOCC3)n(-c3ccc(C)cc3)c(=O)c2c1C. The van der Waals surface area contributed by atoms with Crippen molar-refractivity contribution >= 4 is 39.2 Å². The van der Waals surface area contributed by atoms with E-state index in [1.54, 1.807) is 15.9 Å². The molecular weight excluding hydrogens is 418 g/mol. The molecule has 3 aromatic rings. The summed E-state index contributed by atoms with van der Waals surface area (Å²) in [6.45, 7) is 8.47. The fourth-order valence-electron chi connectivity index (χ4n) is 3.60. The second-order valence-corrected chi connectivity index (χ2v) is 9.36. The summed E-state index contributed by atoms with van der Waals surface area (Å²) in [6.07, 6.45) is 0.870. The van der Waals surface area contributed by atoms with Crippen LogP contribution in [0.5, 0.6) is 0 Å². The molecule has 3 heterocycles. The van der Waals surface area contributed by atoms with Crippen LogP contribution in [0.1, 0.15) is 22.9 Å². The number of benzene rings is 1. The number of aryl methyl sites for hydroxylation is 3. The van der Waals surface area contributed by atoms with E-state index < -0.39 is 0 Å². The highest BCUT2D eigenvalue weighted by atomic mass is 32.2. The van der Waals surface area contributed by atoms with Crippen molar-refractivity contribution in [2.75, 3.05) is 32.1 Å². The maximum absolute atomic E-state index is 13.5. The van der Waals surface area contributed by atoms with Gasteiger partial charge in [0.1, 0.15) is 4.83 Å². The second kappa shape index (κ2) is 8.91. The minimum Gasteiger partial charge on any atom is -0.378 e. The topological polar surface area (TPSA) is 64.4 Å². The van der Waals surface area contributed by atoms with Crippen LogP contribution in [0.4, 0.5) is 0 Å². The highest BCUT2D eigenvalue weighted by molar-refractivity contribution is 7.99. The summed E-state index contributed by atoms with van der Waals surface area (Å²) in [5.74, 6) is 0.291. The molecule has 0 spiro atoms. The molecule has 0 saturated carbocycles. The molecule has 1 saturated heterocycles. The maximum atomic E-state index is 13.5. The van der Waals surface area contributed by atoms with Crippen LogP contribution in [-0.2, 0) is 16.0 Å². The van der Waals surface area contributed by atoms with Crippen LogP contribution >= 0.6 is 23.1 Å². The molecule has 0 N–H and O–H groups in total. The van der Waals surface area contributed by atoms with E-state index in [1.807, 2.05) is 43.0 Å². The number of carbonyl (C=O) groups is 1. The van der Waals surface area contributed by atoms with Crippen LogP contribution in [-0.4, -0.2) is 52.4 Å². The maximum Gasteiger partial charge on any atom is 0.267 e. The highest BCUT2D eigenvalue weighted by Crippen LogP contribution is 2.30. The zero-order chi connectivity index (χ0) is 21.3. The van der Waals surface area contributed by atoms with E-state index in [1.165, 1.54) is 16.6 Å². The third-order valence-corrected chi connectivity index (χ3v) is 7.59. The van der Waals surface area contributed by atoms with Crippen molar-refractivity contribution in [3.8, 4) is 5.69 Å². The monoisotopic (exact) mass is 443 g/mol. The summed E-state index contributed by atoms with van der Waals surface area (Å²) < 4.78 is 6.98. The smallest absolute Gasteiger partial charge is 0.267 e. The van der Waals surface area contributed by atoms with Crippen molar-refractivity contribution in [1.29, 1.82) is 0 Å². The standard InChI is InChI=1S/C22H25N3O3S2/c1-4-17-15(3)19-20(30-17)23-22(29-13-18(26)24-9-11-28-12-10-24)25(21(19)27)16-7-5-14(2)6-8-16/h5-8H,4,9-13H2,1-3H3. The van der Waals surface area contributed by atoms with Crippen LogP contribution in [0.3, 0.4) is 0 Å². The first-order valence-corrected chi connectivity index (χ1v) is 11.9. The molecule has 1 aromatic carbocycles. The summed E-state index contributed by atoms with van der Waals surface area (Å²) in [4.78, 5) is 34.8. The van der Waals surface area contributed by atoms with Gasteiger partial charge in [-0.1, -0.05) is 36.4 Å². The van der Waals surface area contributed by atoms with Crippen molar-refractivity contribution in [2.24, 2.45) is 0 Å². The predicted molar refractivity (Wildman–Crippen MR) is 122 cm³/mol. The Morgan fingerprint density at radius 1 is 1.20 bits per heavy atom. The van der Waals surface area contributed by atoms with Gasteiger partial charge in [0.15, 0.2) is 5.16 Å². The summed E-state index contributed by atoms with van der Waals surface area (Å²) in [7, 11) is 0. The lowest BCUT2D eigenvalue weighted by Gasteiger charge is -2.26. The molecule has 1 amide bonds. The molecule has 1 fully saturated rings. The molecule has 0 bridgehead atoms. The number of hydrogen-bond donors (Lipinski definition) is 0. The number of amides is 1. The Hall–Kier alpha value is -2.16. The second-order valence-electron chi connectivity index (χ2n) is 7.34. The first-order chi connectivity index (χ1) is 14.5. The first kappa shape index (κ1) is 21.1. The minimum absolute atomic E-state index is 0.0460. The molecule has 1 aliphatic rings. The van der Waals surface area contributed by atoms with Gasteiger partial charge in [0, 0.05) is 18.0 Å². The molecule has 1 aliphatic heterocycles. The zero-order valence-corrected chi connectivity index (χ0v) is 19.1. The van der Waals surface area contributed by atoms with Crippen LogP contribution in [0, 0.1) is 13.8 Å². The quantitative estimate of drug-likeness (QED) is 0.446. The number of rotatable bonds is 5. The molecule has 0 atom stereocenters. The van der Waals surface area contributed by atoms with E-state index in [-0.39, 0.29) is 17.2 Å². The van der Waals surface area contributed by atoms with Gasteiger partial charge in [0.2, 0.25) is 5.91 Å². The Balaban J connectivity index is 1.76. The van der Waals surface area contributed by atoms with Gasteiger partial charge in [-0.05, 0) is 38.0 Å². The zero-order valence-electron chi connectivity index (χ0n) is 17.4. The van der Waals surface area contributed by atoms with Crippen molar-refractivity contribution < 1.29 is 9.53 Å². The number of ether oxygens (including phenoxy) is 1. The number of morpholine rings is 1. The summed E-state index contributed by atoms with van der Waals surface area (Å²) in [6, 6.07) is 7.83. The largest absolute Gasteiger partial charge is 0.378 e. The van der Waals surface area contributed by atoms with Gasteiger partial charge in [0.25, 0.3) is 5.56 Å². The molecular formula is C22H25N3O3S2. The van der Waals surface area contributed by atoms with Gasteiger partial charge in [-0.15, -0.1) is 11.3 Å². The summed E-state index contributed by atoms with van der Waals surface area (Å²) in [5, 5.41) is 1.24. The molecule has 30 heavy (non-hydrogen) atoms. The number of carbonyl (C=O) groups excluding carboxylic acids is 1. The minimum atomic E-state index is -0.0707. The summed E-state index contributed by atoms with van der Waals surface area (Å²) in [5.41, 5.74) is 2.83. The molecule has 158 valence electrons. The normalized spacial score (nSPS) is 14.4. The van der Waals surface area contributed by atoms with Gasteiger partial charge in [-0.25, -0.2) is 4.98 Å². The van der Waals surface area contributed by atoms with Gasteiger partial charge in [0.05, 0.1) is 30.0 Å². The van der Waals surface area contributed by atoms with Crippen molar-refractivity contribution in [2.45, 2.75) is 32.3 Å². The lowest BCUT2D eigenvalue weighted by Crippen LogP contribution is -2.41. The van der Waals surface area contributed by atoms with Crippen molar-refractivity contribution in [3.63, 3.8) is 0 Å². The molecule has 8 heteroatoms. The molecule has 0 unspecified atom stereocenters.